The quantitative estimate of drug-likeness (QED) is 0.171. The number of anilines is 2. The Labute approximate surface area is 324 Å². The van der Waals surface area contributed by atoms with E-state index in [1.54, 1.807) is 0 Å². The number of aromatic nitrogens is 3. The summed E-state index contributed by atoms with van der Waals surface area (Å²) in [6, 6.07) is 63.6. The first-order valence-electron chi connectivity index (χ1n) is 19.0. The number of furan rings is 1. The van der Waals surface area contributed by atoms with Crippen molar-refractivity contribution in [3.05, 3.63) is 205 Å². The van der Waals surface area contributed by atoms with Crippen LogP contribution in [0.2, 0.25) is 0 Å². The van der Waals surface area contributed by atoms with E-state index in [-0.39, 0.29) is 12.0 Å². The number of para-hydroxylation sites is 3. The molecule has 5 nitrogen and oxygen atoms in total. The second kappa shape index (κ2) is 13.2. The normalized spacial score (nSPS) is 15.4. The minimum Gasteiger partial charge on any atom is -0.456 e. The molecule has 5 heteroatoms. The summed E-state index contributed by atoms with van der Waals surface area (Å²) >= 11 is 0. The Morgan fingerprint density at radius 3 is 1.70 bits per heavy atom. The lowest BCUT2D eigenvalue weighted by Crippen LogP contribution is -2.30. The first-order chi connectivity index (χ1) is 27.8. The number of benzene rings is 7. The summed E-state index contributed by atoms with van der Waals surface area (Å²) < 4.78 is 6.88. The van der Waals surface area contributed by atoms with Crippen molar-refractivity contribution < 1.29 is 4.42 Å². The summed E-state index contributed by atoms with van der Waals surface area (Å²) in [5.74, 6) is 2.73. The fourth-order valence-electron chi connectivity index (χ4n) is 8.54. The zero-order valence-corrected chi connectivity index (χ0v) is 30.3. The smallest absolute Gasteiger partial charge is 0.167 e. The number of nitrogens with zero attached hydrogens (tertiary/aromatic N) is 4. The molecule has 0 radical (unpaired) electrons. The van der Waals surface area contributed by atoms with Crippen molar-refractivity contribution >= 4 is 28.4 Å². The second-order valence-electron chi connectivity index (χ2n) is 14.4. The second-order valence-corrected chi connectivity index (χ2v) is 14.4. The molecule has 0 bridgehead atoms. The Morgan fingerprint density at radius 1 is 0.464 bits per heavy atom. The molecule has 0 N–H and O–H groups in total. The molecule has 2 unspecified atom stereocenters. The molecule has 2 aliphatic rings. The third kappa shape index (κ3) is 5.36. The number of fused-ring (bicyclic) bond motifs is 7. The molecule has 0 saturated carbocycles. The zero-order valence-electron chi connectivity index (χ0n) is 30.3. The van der Waals surface area contributed by atoms with Gasteiger partial charge in [0.15, 0.2) is 17.5 Å². The molecule has 264 valence electrons. The van der Waals surface area contributed by atoms with Crippen LogP contribution >= 0.6 is 0 Å². The topological polar surface area (TPSA) is 55.1 Å². The van der Waals surface area contributed by atoms with Crippen LogP contribution in [0.3, 0.4) is 0 Å². The highest BCUT2D eigenvalue weighted by Crippen LogP contribution is 2.54. The van der Waals surface area contributed by atoms with E-state index in [9.17, 15) is 0 Å². The van der Waals surface area contributed by atoms with E-state index in [1.165, 1.54) is 22.5 Å². The van der Waals surface area contributed by atoms with E-state index in [1.807, 2.05) is 42.5 Å². The van der Waals surface area contributed by atoms with Crippen molar-refractivity contribution in [3.63, 3.8) is 0 Å². The van der Waals surface area contributed by atoms with Gasteiger partial charge in [0.2, 0.25) is 0 Å². The van der Waals surface area contributed by atoms with Gasteiger partial charge in [0.1, 0.15) is 11.3 Å². The summed E-state index contributed by atoms with van der Waals surface area (Å²) in [5, 5.41) is 1.07. The molecule has 1 aliphatic heterocycles. The Hall–Kier alpha value is -7.37. The molecule has 1 aliphatic carbocycles. The molecule has 0 spiro atoms. The van der Waals surface area contributed by atoms with E-state index in [4.69, 9.17) is 19.4 Å². The fourth-order valence-corrected chi connectivity index (χ4v) is 8.54. The van der Waals surface area contributed by atoms with E-state index in [0.29, 0.717) is 17.5 Å². The first kappa shape index (κ1) is 32.1. The lowest BCUT2D eigenvalue weighted by atomic mass is 9.82. The third-order valence-corrected chi connectivity index (χ3v) is 11.1. The first-order valence-corrected chi connectivity index (χ1v) is 19.0. The molecule has 2 aromatic heterocycles. The molecule has 0 saturated heterocycles. The lowest BCUT2D eigenvalue weighted by Gasteiger charge is -2.30. The Morgan fingerprint density at radius 2 is 1.02 bits per heavy atom. The van der Waals surface area contributed by atoms with Gasteiger partial charge >= 0.3 is 0 Å². The van der Waals surface area contributed by atoms with Crippen LogP contribution in [0.5, 0.6) is 0 Å². The maximum atomic E-state index is 6.88. The Kier molecular flexibility index (Phi) is 7.56. The highest BCUT2D eigenvalue weighted by atomic mass is 16.3. The minimum absolute atomic E-state index is 0.0915. The summed E-state index contributed by atoms with van der Waals surface area (Å²) in [6.07, 6.45) is 4.44. The number of hydrogen-bond donors (Lipinski definition) is 0. The predicted octanol–water partition coefficient (Wildman–Crippen LogP) is 12.6. The van der Waals surface area contributed by atoms with Gasteiger partial charge in [-0.05, 0) is 76.4 Å². The van der Waals surface area contributed by atoms with Gasteiger partial charge in [-0.1, -0.05) is 146 Å². The van der Waals surface area contributed by atoms with Crippen molar-refractivity contribution in [1.29, 1.82) is 0 Å². The van der Waals surface area contributed by atoms with Crippen molar-refractivity contribution in [2.24, 2.45) is 0 Å². The molecular formula is C51H34N4O. The summed E-state index contributed by atoms with van der Waals surface area (Å²) in [4.78, 5) is 18.0. The van der Waals surface area contributed by atoms with E-state index in [0.717, 1.165) is 55.7 Å². The van der Waals surface area contributed by atoms with Gasteiger partial charge in [-0.2, -0.15) is 0 Å². The van der Waals surface area contributed by atoms with Gasteiger partial charge in [0, 0.05) is 39.4 Å². The molecule has 56 heavy (non-hydrogen) atoms. The average molecular weight is 719 g/mol. The molecule has 9 aromatic rings. The van der Waals surface area contributed by atoms with Crippen LogP contribution in [0.4, 0.5) is 11.4 Å². The van der Waals surface area contributed by atoms with Crippen molar-refractivity contribution in [1.82, 2.24) is 15.0 Å². The van der Waals surface area contributed by atoms with Gasteiger partial charge in [-0.25, -0.2) is 15.0 Å². The molecule has 11 rings (SSSR count). The van der Waals surface area contributed by atoms with Crippen LogP contribution in [0.25, 0.3) is 73.5 Å². The van der Waals surface area contributed by atoms with Crippen LogP contribution in [0.15, 0.2) is 192 Å². The Balaban J connectivity index is 1.10. The van der Waals surface area contributed by atoms with Gasteiger partial charge in [-0.15, -0.1) is 0 Å². The van der Waals surface area contributed by atoms with Crippen molar-refractivity contribution in [2.75, 3.05) is 4.90 Å². The average Bonchev–Trinajstić information content (AvgIpc) is 3.83. The van der Waals surface area contributed by atoms with Gasteiger partial charge in [-0.3, -0.25) is 0 Å². The highest BCUT2D eigenvalue weighted by Gasteiger charge is 2.43. The van der Waals surface area contributed by atoms with E-state index in [2.05, 4.69) is 157 Å². The number of hydrogen-bond acceptors (Lipinski definition) is 5. The largest absolute Gasteiger partial charge is 0.456 e. The highest BCUT2D eigenvalue weighted by molar-refractivity contribution is 5.97. The van der Waals surface area contributed by atoms with Gasteiger partial charge in [0.05, 0.1) is 11.6 Å². The molecule has 0 fully saturated rings. The summed E-state index contributed by atoms with van der Waals surface area (Å²) in [7, 11) is 0. The van der Waals surface area contributed by atoms with Crippen LogP contribution in [0, 0.1) is 0 Å². The molecule has 0 amide bonds. The zero-order chi connectivity index (χ0) is 37.0. The van der Waals surface area contributed by atoms with Crippen LogP contribution < -0.4 is 4.90 Å². The van der Waals surface area contributed by atoms with Gasteiger partial charge < -0.3 is 9.32 Å². The van der Waals surface area contributed by atoms with Crippen molar-refractivity contribution in [2.45, 2.75) is 12.0 Å². The maximum absolute atomic E-state index is 6.88. The molecule has 3 heterocycles. The molecule has 2 atom stereocenters. The standard InChI is InChI=1S/C51H34N4O/c1-5-16-33(17-6-1)36-30-37(34-18-7-2-8-19-34)32-38(31-36)50-52-49(35-20-9-3-10-21-35)53-51(54-50)42-26-15-25-41-47-45(56-48(41)42)29-28-44-46(47)40-24-13-14-27-43(40)55(44)39-22-11-4-12-23-39/h1-32,44,46H. The predicted molar refractivity (Wildman–Crippen MR) is 226 cm³/mol. The maximum Gasteiger partial charge on any atom is 0.167 e. The van der Waals surface area contributed by atoms with Crippen LogP contribution in [0.1, 0.15) is 22.8 Å². The summed E-state index contributed by atoms with van der Waals surface area (Å²) in [6.45, 7) is 0. The third-order valence-electron chi connectivity index (χ3n) is 11.1. The monoisotopic (exact) mass is 718 g/mol. The fraction of sp³-hybridized carbons (Fsp3) is 0.0392. The molecule has 7 aromatic carbocycles. The van der Waals surface area contributed by atoms with Crippen molar-refractivity contribution in [3.8, 4) is 56.4 Å². The van der Waals surface area contributed by atoms with E-state index < -0.39 is 0 Å². The molecular weight excluding hydrogens is 685 g/mol. The van der Waals surface area contributed by atoms with Crippen LogP contribution in [-0.4, -0.2) is 21.0 Å². The van der Waals surface area contributed by atoms with Gasteiger partial charge in [0.25, 0.3) is 0 Å². The van der Waals surface area contributed by atoms with E-state index >= 15 is 0 Å². The minimum atomic E-state index is 0.0915. The SMILES string of the molecule is C1=CC2C(c3ccccc3N2c2ccccc2)c2c1oc1c(-c3nc(-c4ccccc4)nc(-c4cc(-c5ccccc5)cc(-c5ccccc5)c4)n3)cccc21. The number of rotatable bonds is 6. The lowest BCUT2D eigenvalue weighted by molar-refractivity contribution is 0.584. The summed E-state index contributed by atoms with van der Waals surface area (Å²) in [5.41, 5.74) is 12.7. The van der Waals surface area contributed by atoms with Crippen LogP contribution in [-0.2, 0) is 0 Å². The Bertz CT molecular complexity index is 2860.